The predicted octanol–water partition coefficient (Wildman–Crippen LogP) is 0.572. The van der Waals surface area contributed by atoms with E-state index in [2.05, 4.69) is 5.32 Å². The lowest BCUT2D eigenvalue weighted by Gasteiger charge is -2.12. The molecule has 0 aliphatic rings. The van der Waals surface area contributed by atoms with Gasteiger partial charge in [-0.1, -0.05) is 23.7 Å². The second-order valence-electron chi connectivity index (χ2n) is 4.40. The number of aromatic nitrogens is 2. The van der Waals surface area contributed by atoms with E-state index in [0.717, 1.165) is 9.13 Å². The van der Waals surface area contributed by atoms with Gasteiger partial charge in [0.25, 0.3) is 11.5 Å². The molecule has 21 heavy (non-hydrogen) atoms. The van der Waals surface area contributed by atoms with E-state index >= 15 is 0 Å². The SMILES string of the molecule is Cn1c(N)c(NC(=O)c2ccccc2Cl)c(=O)n(C)c1=O. The largest absolute Gasteiger partial charge is 0.383 e. The van der Waals surface area contributed by atoms with Crippen LogP contribution in [0.5, 0.6) is 0 Å². The van der Waals surface area contributed by atoms with Crippen LogP contribution in [0.3, 0.4) is 0 Å². The minimum atomic E-state index is -0.684. The average molecular weight is 309 g/mol. The van der Waals surface area contributed by atoms with Gasteiger partial charge in [0.05, 0.1) is 10.6 Å². The van der Waals surface area contributed by atoms with Crippen LogP contribution in [0.4, 0.5) is 11.5 Å². The van der Waals surface area contributed by atoms with Gasteiger partial charge in [-0.05, 0) is 12.1 Å². The maximum Gasteiger partial charge on any atom is 0.332 e. The summed E-state index contributed by atoms with van der Waals surface area (Å²) in [6, 6.07) is 6.39. The molecule has 0 saturated carbocycles. The van der Waals surface area contributed by atoms with Gasteiger partial charge < -0.3 is 11.1 Å². The third-order valence-electron chi connectivity index (χ3n) is 3.07. The summed E-state index contributed by atoms with van der Waals surface area (Å²) in [5.41, 5.74) is 4.50. The van der Waals surface area contributed by atoms with Crippen molar-refractivity contribution < 1.29 is 4.79 Å². The normalized spacial score (nSPS) is 10.4. The number of carbonyl (C=O) groups excluding carboxylic acids is 1. The molecule has 0 atom stereocenters. The molecule has 110 valence electrons. The molecule has 7 nitrogen and oxygen atoms in total. The zero-order valence-electron chi connectivity index (χ0n) is 11.4. The van der Waals surface area contributed by atoms with Gasteiger partial charge in [-0.2, -0.15) is 0 Å². The fourth-order valence-electron chi connectivity index (χ4n) is 1.80. The first kappa shape index (κ1) is 14.9. The number of rotatable bonds is 2. The molecule has 0 unspecified atom stereocenters. The smallest absolute Gasteiger partial charge is 0.332 e. The highest BCUT2D eigenvalue weighted by Crippen LogP contribution is 2.17. The monoisotopic (exact) mass is 308 g/mol. The van der Waals surface area contributed by atoms with Gasteiger partial charge in [-0.15, -0.1) is 0 Å². The Morgan fingerprint density at radius 3 is 2.43 bits per heavy atom. The zero-order chi connectivity index (χ0) is 15.7. The van der Waals surface area contributed by atoms with Crippen LogP contribution in [0, 0.1) is 0 Å². The third-order valence-corrected chi connectivity index (χ3v) is 3.40. The number of hydrogen-bond acceptors (Lipinski definition) is 4. The molecule has 2 rings (SSSR count). The van der Waals surface area contributed by atoms with E-state index in [-0.39, 0.29) is 22.1 Å². The zero-order valence-corrected chi connectivity index (χ0v) is 12.1. The van der Waals surface area contributed by atoms with E-state index < -0.39 is 17.2 Å². The Kier molecular flexibility index (Phi) is 3.86. The topological polar surface area (TPSA) is 99.1 Å². The number of carbonyl (C=O) groups is 1. The Balaban J connectivity index is 2.51. The molecule has 1 aromatic carbocycles. The first-order valence-electron chi connectivity index (χ1n) is 5.96. The van der Waals surface area contributed by atoms with E-state index in [4.69, 9.17) is 17.3 Å². The maximum absolute atomic E-state index is 12.2. The van der Waals surface area contributed by atoms with Crippen molar-refractivity contribution >= 4 is 29.0 Å². The van der Waals surface area contributed by atoms with Gasteiger partial charge in [-0.3, -0.25) is 18.7 Å². The third kappa shape index (κ3) is 2.55. The fourth-order valence-corrected chi connectivity index (χ4v) is 2.03. The summed E-state index contributed by atoms with van der Waals surface area (Å²) >= 11 is 5.92. The molecule has 0 bridgehead atoms. The molecule has 0 radical (unpaired) electrons. The molecular formula is C13H13ClN4O3. The van der Waals surface area contributed by atoms with Gasteiger partial charge in [0, 0.05) is 14.1 Å². The Bertz CT molecular complexity index is 838. The van der Waals surface area contributed by atoms with Crippen molar-refractivity contribution in [2.75, 3.05) is 11.1 Å². The number of nitrogen functional groups attached to an aromatic ring is 1. The summed E-state index contributed by atoms with van der Waals surface area (Å²) < 4.78 is 1.93. The summed E-state index contributed by atoms with van der Waals surface area (Å²) in [5.74, 6) is -0.702. The lowest BCUT2D eigenvalue weighted by atomic mass is 10.2. The first-order valence-corrected chi connectivity index (χ1v) is 6.33. The van der Waals surface area contributed by atoms with E-state index in [0.29, 0.717) is 0 Å². The lowest BCUT2D eigenvalue weighted by Crippen LogP contribution is -2.40. The van der Waals surface area contributed by atoms with Crippen LogP contribution in [0.25, 0.3) is 0 Å². The standard InChI is InChI=1S/C13H13ClN4O3/c1-17-10(15)9(12(20)18(2)13(17)21)16-11(19)7-5-3-4-6-8(7)14/h3-6H,15H2,1-2H3,(H,16,19). The average Bonchev–Trinajstić information content (AvgIpc) is 2.48. The first-order chi connectivity index (χ1) is 9.84. The van der Waals surface area contributed by atoms with Gasteiger partial charge in [0.15, 0.2) is 0 Å². The van der Waals surface area contributed by atoms with Gasteiger partial charge in [0.1, 0.15) is 11.5 Å². The van der Waals surface area contributed by atoms with E-state index in [1.165, 1.54) is 20.2 Å². The lowest BCUT2D eigenvalue weighted by molar-refractivity contribution is 0.102. The van der Waals surface area contributed by atoms with Crippen LogP contribution < -0.4 is 22.3 Å². The highest BCUT2D eigenvalue weighted by atomic mass is 35.5. The quantitative estimate of drug-likeness (QED) is 0.847. The van der Waals surface area contributed by atoms with Gasteiger partial charge in [0.2, 0.25) is 0 Å². The van der Waals surface area contributed by atoms with E-state index in [1.807, 2.05) is 0 Å². The molecule has 3 N–H and O–H groups in total. The number of nitrogens with two attached hydrogens (primary N) is 1. The minimum Gasteiger partial charge on any atom is -0.383 e. The summed E-state index contributed by atoms with van der Waals surface area (Å²) in [6.45, 7) is 0. The van der Waals surface area contributed by atoms with Crippen LogP contribution in [0.15, 0.2) is 33.9 Å². The molecule has 1 aromatic heterocycles. The summed E-state index contributed by atoms with van der Waals surface area (Å²) in [4.78, 5) is 35.9. The van der Waals surface area contributed by atoms with Crippen LogP contribution in [-0.4, -0.2) is 15.0 Å². The minimum absolute atomic E-state index is 0.122. The molecule has 0 aliphatic carbocycles. The molecular weight excluding hydrogens is 296 g/mol. The van der Waals surface area contributed by atoms with Crippen molar-refractivity contribution in [1.29, 1.82) is 0 Å². The molecule has 0 saturated heterocycles. The predicted molar refractivity (Wildman–Crippen MR) is 80.7 cm³/mol. The van der Waals surface area contributed by atoms with E-state index in [1.54, 1.807) is 18.2 Å². The van der Waals surface area contributed by atoms with Gasteiger partial charge >= 0.3 is 5.69 Å². The fraction of sp³-hybridized carbons (Fsp3) is 0.154. The summed E-state index contributed by atoms with van der Waals surface area (Å²) in [5, 5.41) is 2.65. The summed E-state index contributed by atoms with van der Waals surface area (Å²) in [6.07, 6.45) is 0. The van der Waals surface area contributed by atoms with Crippen LogP contribution >= 0.6 is 11.6 Å². The molecule has 1 heterocycles. The number of nitrogens with zero attached hydrogens (tertiary/aromatic N) is 2. The number of amides is 1. The van der Waals surface area contributed by atoms with Gasteiger partial charge in [-0.25, -0.2) is 4.79 Å². The molecule has 0 aliphatic heterocycles. The Morgan fingerprint density at radius 1 is 1.19 bits per heavy atom. The van der Waals surface area contributed by atoms with Crippen molar-refractivity contribution in [3.63, 3.8) is 0 Å². The molecule has 1 amide bonds. The Labute approximate surface area is 124 Å². The summed E-state index contributed by atoms with van der Waals surface area (Å²) in [7, 11) is 2.71. The second-order valence-corrected chi connectivity index (χ2v) is 4.81. The molecule has 0 spiro atoms. The number of nitrogens with one attached hydrogen (secondary N) is 1. The molecule has 2 aromatic rings. The second kappa shape index (κ2) is 5.45. The van der Waals surface area contributed by atoms with Crippen molar-refractivity contribution in [2.45, 2.75) is 0 Å². The van der Waals surface area contributed by atoms with Crippen LogP contribution in [0.2, 0.25) is 5.02 Å². The van der Waals surface area contributed by atoms with Crippen LogP contribution in [-0.2, 0) is 14.1 Å². The van der Waals surface area contributed by atoms with Crippen molar-refractivity contribution in [3.05, 3.63) is 55.7 Å². The molecule has 8 heteroatoms. The Morgan fingerprint density at radius 2 is 1.81 bits per heavy atom. The molecule has 0 fully saturated rings. The number of hydrogen-bond donors (Lipinski definition) is 2. The number of anilines is 2. The number of halogens is 1. The maximum atomic E-state index is 12.2. The van der Waals surface area contributed by atoms with E-state index in [9.17, 15) is 14.4 Å². The highest BCUT2D eigenvalue weighted by Gasteiger charge is 2.17. The van der Waals surface area contributed by atoms with Crippen molar-refractivity contribution in [2.24, 2.45) is 14.1 Å². The van der Waals surface area contributed by atoms with Crippen molar-refractivity contribution in [1.82, 2.24) is 9.13 Å². The Hall–Kier alpha value is -2.54. The highest BCUT2D eigenvalue weighted by molar-refractivity contribution is 6.34. The number of benzene rings is 1. The van der Waals surface area contributed by atoms with Crippen LogP contribution in [0.1, 0.15) is 10.4 Å². The van der Waals surface area contributed by atoms with Crippen molar-refractivity contribution in [3.8, 4) is 0 Å².